The predicted octanol–water partition coefficient (Wildman–Crippen LogP) is -8.62. The Morgan fingerprint density at radius 2 is 0.412 bits per heavy atom. The quantitative estimate of drug-likeness (QED) is 0.338. The topological polar surface area (TPSA) is 241 Å². The summed E-state index contributed by atoms with van der Waals surface area (Å²) in [6.07, 6.45) is 0. The Hall–Kier alpha value is 1.18. The molecule has 0 aliphatic carbocycles. The monoisotopic (exact) mass is 411 g/mol. The molecule has 0 aliphatic rings. The van der Waals surface area contributed by atoms with E-state index in [0.717, 1.165) is 0 Å². The molecule has 0 amide bonds. The van der Waals surface area contributed by atoms with Gasteiger partial charge in [-0.3, -0.25) is 0 Å². The number of hydrogen-bond donors (Lipinski definition) is 0. The summed E-state index contributed by atoms with van der Waals surface area (Å²) < 4.78 is 103. The predicted molar refractivity (Wildman–Crippen MR) is 15.6 cm³/mol. The summed E-state index contributed by atoms with van der Waals surface area (Å²) in [6, 6.07) is 0. The third-order valence-corrected chi connectivity index (χ3v) is 0. The summed E-state index contributed by atoms with van der Waals surface area (Å²) in [4.78, 5) is 0. The van der Waals surface area contributed by atoms with E-state index in [4.69, 9.17) is 48.1 Å². The third kappa shape index (κ3) is 2830. The van der Waals surface area contributed by atoms with Crippen LogP contribution in [-0.2, 0) is 63.1 Å². The van der Waals surface area contributed by atoms with Gasteiger partial charge in [-0.25, -0.2) is 0 Å². The van der Waals surface area contributed by atoms with E-state index in [2.05, 4.69) is 0 Å². The molecule has 0 aromatic heterocycles. The first kappa shape index (κ1) is 30.9. The van der Waals surface area contributed by atoms with Crippen LogP contribution in [0.2, 0.25) is 0 Å². The van der Waals surface area contributed by atoms with Crippen molar-refractivity contribution in [2.45, 2.75) is 0 Å². The molecule has 17 heteroatoms. The van der Waals surface area contributed by atoms with Gasteiger partial charge < -0.3 is 0 Å². The molecule has 0 N–H and O–H groups in total. The molecule has 0 radical (unpaired) electrons. The summed E-state index contributed by atoms with van der Waals surface area (Å²) in [7, 11) is 0. The third-order valence-electron chi connectivity index (χ3n) is 0. The van der Waals surface area contributed by atoms with Crippen LogP contribution >= 0.6 is 0 Å². The van der Waals surface area contributed by atoms with Gasteiger partial charge in [0.15, 0.2) is 0 Å². The van der Waals surface area contributed by atoms with Crippen LogP contribution in [0.15, 0.2) is 0 Å². The first-order valence-corrected chi connectivity index (χ1v) is 7.63. The first-order valence-electron chi connectivity index (χ1n) is 1.85. The molecule has 0 aromatic rings. The molecule has 0 bridgehead atoms. The summed E-state index contributed by atoms with van der Waals surface area (Å²) in [6.45, 7) is 0. The van der Waals surface area contributed by atoms with Gasteiger partial charge in [0.25, 0.3) is 0 Å². The van der Waals surface area contributed by atoms with Crippen LogP contribution in [0, 0.1) is 0 Å². The average Bonchev–Trinajstić information content (AvgIpc) is 1.41. The van der Waals surface area contributed by atoms with Crippen molar-refractivity contribution in [3.63, 3.8) is 0 Å². The van der Waals surface area contributed by atoms with E-state index in [0.29, 0.717) is 0 Å². The van der Waals surface area contributed by atoms with E-state index in [1.807, 2.05) is 0 Å². The SMILES string of the molecule is [Al+3].[Al+3].[O]=[Mn](=[O])([O-])[O-].[O]=[Mn](=[O])([O-])[O-].[O]=[Mn](=[O])([O-])[O-]. The van der Waals surface area contributed by atoms with Crippen LogP contribution in [0.1, 0.15) is 0 Å². The first-order chi connectivity index (χ1) is 6.00. The molecular weight excluding hydrogens is 411 g/mol. The van der Waals surface area contributed by atoms with Crippen LogP contribution in [0.5, 0.6) is 0 Å². The second kappa shape index (κ2) is 12.2. The Morgan fingerprint density at radius 1 is 0.412 bits per heavy atom. The Morgan fingerprint density at radius 3 is 0.412 bits per heavy atom. The summed E-state index contributed by atoms with van der Waals surface area (Å²) >= 11 is -16.9. The number of hydrogen-bond acceptors (Lipinski definition) is 12. The molecular formula is Al2Mn3O12. The maximum atomic E-state index is 8.58. The van der Waals surface area contributed by atoms with Gasteiger partial charge in [-0.1, -0.05) is 0 Å². The Balaban J connectivity index is -0.0000000400. The zero-order chi connectivity index (χ0) is 13.5. The van der Waals surface area contributed by atoms with Crippen molar-refractivity contribution >= 4 is 34.7 Å². The van der Waals surface area contributed by atoms with Gasteiger partial charge >= 0.3 is 123 Å². The van der Waals surface area contributed by atoms with Crippen molar-refractivity contribution in [3.05, 3.63) is 0 Å². The van der Waals surface area contributed by atoms with Crippen LogP contribution in [-0.4, -0.2) is 34.7 Å². The van der Waals surface area contributed by atoms with Crippen LogP contribution in [0.25, 0.3) is 0 Å². The summed E-state index contributed by atoms with van der Waals surface area (Å²) in [5, 5.41) is 0. The Labute approximate surface area is 122 Å². The zero-order valence-corrected chi connectivity index (χ0v) is 13.0. The van der Waals surface area contributed by atoms with Gasteiger partial charge in [0, 0.05) is 0 Å². The summed E-state index contributed by atoms with van der Waals surface area (Å²) in [5.41, 5.74) is 0. The fourth-order valence-electron chi connectivity index (χ4n) is 0. The molecule has 17 heavy (non-hydrogen) atoms. The molecule has 99 valence electrons. The molecule has 0 unspecified atom stereocenters. The van der Waals surface area contributed by atoms with Crippen LogP contribution in [0.3, 0.4) is 0 Å². The number of rotatable bonds is 0. The van der Waals surface area contributed by atoms with Crippen molar-refractivity contribution in [1.29, 1.82) is 0 Å². The van der Waals surface area contributed by atoms with Crippen LogP contribution < -0.4 is 25.1 Å². The van der Waals surface area contributed by atoms with Gasteiger partial charge in [-0.2, -0.15) is 0 Å². The van der Waals surface area contributed by atoms with Crippen LogP contribution in [0.4, 0.5) is 0 Å². The molecule has 0 aromatic carbocycles. The van der Waals surface area contributed by atoms with E-state index >= 15 is 0 Å². The van der Waals surface area contributed by atoms with Crippen molar-refractivity contribution < 1.29 is 88.2 Å². The molecule has 12 nitrogen and oxygen atoms in total. The fourth-order valence-corrected chi connectivity index (χ4v) is 0. The molecule has 0 heterocycles. The van der Waals surface area contributed by atoms with Gasteiger partial charge in [-0.05, 0) is 0 Å². The fraction of sp³-hybridized carbons (Fsp3) is 0. The van der Waals surface area contributed by atoms with E-state index in [1.165, 1.54) is 0 Å². The minimum atomic E-state index is -5.62. The molecule has 0 rings (SSSR count). The van der Waals surface area contributed by atoms with Crippen molar-refractivity contribution in [2.24, 2.45) is 0 Å². The second-order valence-corrected chi connectivity index (χ2v) is 4.68. The normalized spacial score (nSPS) is 10.2. The molecule has 0 atom stereocenters. The standard InChI is InChI=1S/2Al.3Mn.12O/q2*+3;;;;;;;;;;6*-1. The van der Waals surface area contributed by atoms with Crippen molar-refractivity contribution in [2.75, 3.05) is 0 Å². The molecule has 0 aliphatic heterocycles. The van der Waals surface area contributed by atoms with Gasteiger partial charge in [0.2, 0.25) is 0 Å². The van der Waals surface area contributed by atoms with E-state index in [-0.39, 0.29) is 34.7 Å². The van der Waals surface area contributed by atoms with E-state index in [1.54, 1.807) is 0 Å². The molecule has 0 saturated carbocycles. The molecule has 0 fully saturated rings. The van der Waals surface area contributed by atoms with Crippen molar-refractivity contribution in [3.8, 4) is 0 Å². The van der Waals surface area contributed by atoms with E-state index < -0.39 is 40.1 Å². The average molecular weight is 411 g/mol. The maximum absolute atomic E-state index is 8.58. The summed E-state index contributed by atoms with van der Waals surface area (Å²) in [5.74, 6) is 0. The minimum absolute atomic E-state index is 0. The Kier molecular flexibility index (Phi) is 22.2. The molecule has 0 saturated heterocycles. The zero-order valence-electron chi connectivity index (χ0n) is 7.19. The molecule has 0 spiro atoms. The second-order valence-electron chi connectivity index (χ2n) is 1.13. The van der Waals surface area contributed by atoms with Gasteiger partial charge in [-0.15, -0.1) is 0 Å². The van der Waals surface area contributed by atoms with E-state index in [9.17, 15) is 0 Å². The van der Waals surface area contributed by atoms with Crippen molar-refractivity contribution in [1.82, 2.24) is 0 Å². The van der Waals surface area contributed by atoms with Gasteiger partial charge in [0.05, 0.1) is 0 Å². The van der Waals surface area contributed by atoms with Gasteiger partial charge in [0.1, 0.15) is 0 Å². The Bertz CT molecular complexity index is 341.